The normalized spacial score (nSPS) is 12.2. The summed E-state index contributed by atoms with van der Waals surface area (Å²) in [5.74, 6) is -0.408. The fourth-order valence-corrected chi connectivity index (χ4v) is 4.45. The SMILES string of the molecule is CN(C)S(=O)(=O)c1cccc(C(=O)Nc2nc(-c3ccc(C(C)(C)C)cc3)cs2)c1. The predicted molar refractivity (Wildman–Crippen MR) is 122 cm³/mol. The first-order chi connectivity index (χ1) is 14.0. The number of thiazole rings is 1. The van der Waals surface area contributed by atoms with Crippen LogP contribution in [-0.2, 0) is 15.4 Å². The van der Waals surface area contributed by atoms with Gasteiger partial charge in [0.25, 0.3) is 5.91 Å². The van der Waals surface area contributed by atoms with E-state index in [4.69, 9.17) is 0 Å². The molecule has 8 heteroatoms. The zero-order chi connectivity index (χ0) is 22.1. The molecular formula is C22H25N3O3S2. The number of benzene rings is 2. The zero-order valence-corrected chi connectivity index (χ0v) is 19.3. The molecule has 0 aliphatic rings. The van der Waals surface area contributed by atoms with Crippen LogP contribution in [0.5, 0.6) is 0 Å². The molecule has 1 aromatic heterocycles. The molecule has 0 aliphatic carbocycles. The lowest BCUT2D eigenvalue weighted by Gasteiger charge is -2.18. The molecule has 0 atom stereocenters. The third kappa shape index (κ3) is 4.77. The Hall–Kier alpha value is -2.55. The first-order valence-electron chi connectivity index (χ1n) is 9.39. The molecule has 3 rings (SSSR count). The van der Waals surface area contributed by atoms with Crippen LogP contribution in [0.1, 0.15) is 36.7 Å². The summed E-state index contributed by atoms with van der Waals surface area (Å²) in [4.78, 5) is 17.2. The van der Waals surface area contributed by atoms with E-state index >= 15 is 0 Å². The standard InChI is InChI=1S/C22H25N3O3S2/c1-22(2,3)17-11-9-15(10-12-17)19-14-29-21(23-19)24-20(26)16-7-6-8-18(13-16)30(27,28)25(4)5/h6-14H,1-5H3,(H,23,24,26). The van der Waals surface area contributed by atoms with Gasteiger partial charge >= 0.3 is 0 Å². The summed E-state index contributed by atoms with van der Waals surface area (Å²) in [6, 6.07) is 14.2. The van der Waals surface area contributed by atoms with Gasteiger partial charge in [0.2, 0.25) is 10.0 Å². The van der Waals surface area contributed by atoms with Crippen LogP contribution < -0.4 is 5.32 Å². The molecule has 0 saturated heterocycles. The molecular weight excluding hydrogens is 418 g/mol. The summed E-state index contributed by atoms with van der Waals surface area (Å²) >= 11 is 1.32. The van der Waals surface area contributed by atoms with Gasteiger partial charge in [-0.3, -0.25) is 10.1 Å². The van der Waals surface area contributed by atoms with Crippen LogP contribution >= 0.6 is 11.3 Å². The molecule has 0 spiro atoms. The Labute approximate surface area is 181 Å². The van der Waals surface area contributed by atoms with Crippen LogP contribution in [0.25, 0.3) is 11.3 Å². The summed E-state index contributed by atoms with van der Waals surface area (Å²) in [5.41, 5.74) is 3.32. The molecule has 6 nitrogen and oxygen atoms in total. The van der Waals surface area contributed by atoms with Gasteiger partial charge in [-0.25, -0.2) is 17.7 Å². The minimum absolute atomic E-state index is 0.0684. The summed E-state index contributed by atoms with van der Waals surface area (Å²) in [5, 5.41) is 5.09. The lowest BCUT2D eigenvalue weighted by molar-refractivity contribution is 0.102. The lowest BCUT2D eigenvalue weighted by Crippen LogP contribution is -2.22. The van der Waals surface area contributed by atoms with E-state index in [1.165, 1.54) is 43.1 Å². The number of carbonyl (C=O) groups is 1. The molecule has 1 amide bonds. The maximum absolute atomic E-state index is 12.6. The van der Waals surface area contributed by atoms with Crippen molar-refractivity contribution in [2.45, 2.75) is 31.1 Å². The van der Waals surface area contributed by atoms with E-state index in [1.54, 1.807) is 12.1 Å². The number of nitrogens with one attached hydrogen (secondary N) is 1. The molecule has 1 heterocycles. The van der Waals surface area contributed by atoms with Crippen molar-refractivity contribution in [3.8, 4) is 11.3 Å². The van der Waals surface area contributed by atoms with Gasteiger partial charge in [0.05, 0.1) is 10.6 Å². The van der Waals surface area contributed by atoms with E-state index in [1.807, 2.05) is 17.5 Å². The highest BCUT2D eigenvalue weighted by Gasteiger charge is 2.19. The fourth-order valence-electron chi connectivity index (χ4n) is 2.78. The van der Waals surface area contributed by atoms with Gasteiger partial charge in [-0.05, 0) is 29.2 Å². The molecule has 0 aliphatic heterocycles. The van der Waals surface area contributed by atoms with Gasteiger partial charge < -0.3 is 0 Å². The van der Waals surface area contributed by atoms with Crippen LogP contribution in [0.3, 0.4) is 0 Å². The van der Waals surface area contributed by atoms with Crippen molar-refractivity contribution in [2.75, 3.05) is 19.4 Å². The maximum Gasteiger partial charge on any atom is 0.257 e. The molecule has 0 radical (unpaired) electrons. The second-order valence-corrected chi connectivity index (χ2v) is 11.1. The molecule has 30 heavy (non-hydrogen) atoms. The van der Waals surface area contributed by atoms with Gasteiger partial charge in [0, 0.05) is 30.6 Å². The van der Waals surface area contributed by atoms with Crippen molar-refractivity contribution in [3.63, 3.8) is 0 Å². The van der Waals surface area contributed by atoms with E-state index in [-0.39, 0.29) is 15.9 Å². The van der Waals surface area contributed by atoms with Gasteiger partial charge in [0.1, 0.15) is 0 Å². The van der Waals surface area contributed by atoms with Crippen LogP contribution in [-0.4, -0.2) is 37.7 Å². The van der Waals surface area contributed by atoms with Crippen molar-refractivity contribution in [1.29, 1.82) is 0 Å². The molecule has 0 fully saturated rings. The maximum atomic E-state index is 12.6. The number of anilines is 1. The topological polar surface area (TPSA) is 79.4 Å². The summed E-state index contributed by atoms with van der Waals surface area (Å²) in [6.45, 7) is 6.49. The number of aromatic nitrogens is 1. The van der Waals surface area contributed by atoms with E-state index in [2.05, 4.69) is 43.2 Å². The molecule has 3 aromatic rings. The van der Waals surface area contributed by atoms with Gasteiger partial charge in [-0.2, -0.15) is 0 Å². The minimum atomic E-state index is -3.61. The first kappa shape index (κ1) is 22.1. The Morgan fingerprint density at radius 1 is 1.07 bits per heavy atom. The van der Waals surface area contributed by atoms with Gasteiger partial charge in [-0.1, -0.05) is 51.1 Å². The molecule has 0 unspecified atom stereocenters. The van der Waals surface area contributed by atoms with E-state index in [0.717, 1.165) is 15.6 Å². The van der Waals surface area contributed by atoms with Crippen molar-refractivity contribution in [1.82, 2.24) is 9.29 Å². The first-order valence-corrected chi connectivity index (χ1v) is 11.7. The lowest BCUT2D eigenvalue weighted by atomic mass is 9.86. The minimum Gasteiger partial charge on any atom is -0.298 e. The monoisotopic (exact) mass is 443 g/mol. The summed E-state index contributed by atoms with van der Waals surface area (Å²) < 4.78 is 25.7. The fraction of sp³-hybridized carbons (Fsp3) is 0.273. The van der Waals surface area contributed by atoms with Crippen molar-refractivity contribution < 1.29 is 13.2 Å². The third-order valence-corrected chi connectivity index (χ3v) is 7.21. The van der Waals surface area contributed by atoms with Gasteiger partial charge in [0.15, 0.2) is 5.13 Å². The molecule has 0 saturated carbocycles. The number of hydrogen-bond donors (Lipinski definition) is 1. The van der Waals surface area contributed by atoms with Crippen LogP contribution in [0.2, 0.25) is 0 Å². The average molecular weight is 444 g/mol. The summed E-state index contributed by atoms with van der Waals surface area (Å²) in [6.07, 6.45) is 0. The molecule has 1 N–H and O–H groups in total. The quantitative estimate of drug-likeness (QED) is 0.624. The van der Waals surface area contributed by atoms with Crippen LogP contribution in [0.15, 0.2) is 58.8 Å². The average Bonchev–Trinajstić information content (AvgIpc) is 3.16. The Bertz CT molecular complexity index is 1160. The number of nitrogens with zero attached hydrogens (tertiary/aromatic N) is 2. The molecule has 0 bridgehead atoms. The van der Waals surface area contributed by atoms with E-state index < -0.39 is 15.9 Å². The van der Waals surface area contributed by atoms with E-state index in [9.17, 15) is 13.2 Å². The number of amides is 1. The number of hydrogen-bond acceptors (Lipinski definition) is 5. The van der Waals surface area contributed by atoms with Gasteiger partial charge in [-0.15, -0.1) is 11.3 Å². The molecule has 158 valence electrons. The highest BCUT2D eigenvalue weighted by Crippen LogP contribution is 2.28. The second-order valence-electron chi connectivity index (χ2n) is 8.13. The Balaban J connectivity index is 1.77. The zero-order valence-electron chi connectivity index (χ0n) is 17.6. The van der Waals surface area contributed by atoms with Crippen molar-refractivity contribution in [3.05, 3.63) is 65.0 Å². The predicted octanol–water partition coefficient (Wildman–Crippen LogP) is 4.61. The second kappa shape index (κ2) is 8.29. The van der Waals surface area contributed by atoms with Crippen molar-refractivity contribution >= 4 is 32.4 Å². The number of carbonyl (C=O) groups excluding carboxylic acids is 1. The molecule has 2 aromatic carbocycles. The number of sulfonamides is 1. The van der Waals surface area contributed by atoms with Crippen LogP contribution in [0.4, 0.5) is 5.13 Å². The smallest absolute Gasteiger partial charge is 0.257 e. The highest BCUT2D eigenvalue weighted by molar-refractivity contribution is 7.89. The van der Waals surface area contributed by atoms with Crippen LogP contribution in [0, 0.1) is 0 Å². The van der Waals surface area contributed by atoms with Crippen molar-refractivity contribution in [2.24, 2.45) is 0 Å². The largest absolute Gasteiger partial charge is 0.298 e. The van der Waals surface area contributed by atoms with E-state index in [0.29, 0.717) is 5.13 Å². The number of rotatable bonds is 5. The Kier molecular flexibility index (Phi) is 6.12. The summed E-state index contributed by atoms with van der Waals surface area (Å²) in [7, 11) is -0.708. The highest BCUT2D eigenvalue weighted by atomic mass is 32.2. The third-order valence-electron chi connectivity index (χ3n) is 4.65. The Morgan fingerprint density at radius 3 is 2.33 bits per heavy atom. The Morgan fingerprint density at radius 2 is 1.73 bits per heavy atom.